The van der Waals surface area contributed by atoms with Gasteiger partial charge in [0.05, 0.1) is 11.3 Å². The Morgan fingerprint density at radius 2 is 1.59 bits per heavy atom. The van der Waals surface area contributed by atoms with Gasteiger partial charge in [0.1, 0.15) is 0 Å². The van der Waals surface area contributed by atoms with E-state index in [4.69, 9.17) is 4.74 Å². The molecule has 27 heavy (non-hydrogen) atoms. The molecule has 2 aromatic carbocycles. The molecule has 2 rings (SSSR count). The summed E-state index contributed by atoms with van der Waals surface area (Å²) >= 11 is 0. The number of rotatable bonds is 7. The molecule has 0 atom stereocenters. The van der Waals surface area contributed by atoms with Crippen molar-refractivity contribution in [1.82, 2.24) is 5.32 Å². The highest BCUT2D eigenvalue weighted by Gasteiger charge is 2.20. The van der Waals surface area contributed by atoms with Crippen molar-refractivity contribution in [2.24, 2.45) is 0 Å². The van der Waals surface area contributed by atoms with Crippen LogP contribution in [0.3, 0.4) is 0 Å². The third kappa shape index (κ3) is 5.95. The van der Waals surface area contributed by atoms with E-state index >= 15 is 0 Å². The molecule has 2 amide bonds. The van der Waals surface area contributed by atoms with Crippen molar-refractivity contribution in [1.29, 1.82) is 0 Å². The Labute approximate surface area is 158 Å². The fourth-order valence-corrected chi connectivity index (χ4v) is 2.26. The van der Waals surface area contributed by atoms with Crippen LogP contribution >= 0.6 is 0 Å². The highest BCUT2D eigenvalue weighted by Crippen LogP contribution is 2.17. The average molecular weight is 368 g/mol. The summed E-state index contributed by atoms with van der Waals surface area (Å²) in [5, 5.41) is 5.50. The van der Waals surface area contributed by atoms with Gasteiger partial charge in [-0.3, -0.25) is 9.59 Å². The third-order valence-corrected chi connectivity index (χ3v) is 4.13. The molecule has 0 spiro atoms. The number of nitrogens with one attached hydrogen (secondary N) is 2. The molecule has 6 nitrogen and oxygen atoms in total. The first-order chi connectivity index (χ1) is 12.8. The second-order valence-electron chi connectivity index (χ2n) is 6.73. The predicted molar refractivity (Wildman–Crippen MR) is 104 cm³/mol. The van der Waals surface area contributed by atoms with Crippen LogP contribution in [0.15, 0.2) is 54.6 Å². The van der Waals surface area contributed by atoms with E-state index < -0.39 is 5.97 Å². The molecule has 6 heteroatoms. The Kier molecular flexibility index (Phi) is 6.71. The number of benzene rings is 2. The van der Waals surface area contributed by atoms with Crippen LogP contribution in [0, 0.1) is 0 Å². The number of hydrogen-bond donors (Lipinski definition) is 2. The standard InChI is InChI=1S/C21H24N2O4/c1-4-21(2,3)23-18(24)14-27-20(26)16-12-8-9-13-17(16)22-19(25)15-10-6-5-7-11-15/h5-13H,4,14H2,1-3H3,(H,22,25)(H,23,24). The summed E-state index contributed by atoms with van der Waals surface area (Å²) < 4.78 is 5.11. The van der Waals surface area contributed by atoms with E-state index in [1.807, 2.05) is 26.8 Å². The van der Waals surface area contributed by atoms with Gasteiger partial charge in [0.2, 0.25) is 0 Å². The molecule has 0 aliphatic rings. The molecular weight excluding hydrogens is 344 g/mol. The smallest absolute Gasteiger partial charge is 0.340 e. The zero-order chi connectivity index (χ0) is 19.9. The summed E-state index contributed by atoms with van der Waals surface area (Å²) in [5.74, 6) is -1.39. The summed E-state index contributed by atoms with van der Waals surface area (Å²) in [6, 6.07) is 15.2. The van der Waals surface area contributed by atoms with E-state index in [0.717, 1.165) is 6.42 Å². The maximum atomic E-state index is 12.4. The average Bonchev–Trinajstić information content (AvgIpc) is 2.67. The van der Waals surface area contributed by atoms with Crippen LogP contribution in [0.25, 0.3) is 0 Å². The van der Waals surface area contributed by atoms with Crippen LogP contribution in [-0.2, 0) is 9.53 Å². The molecule has 0 fully saturated rings. The molecule has 0 unspecified atom stereocenters. The monoisotopic (exact) mass is 368 g/mol. The van der Waals surface area contributed by atoms with Crippen LogP contribution in [0.2, 0.25) is 0 Å². The van der Waals surface area contributed by atoms with Crippen LogP contribution in [0.1, 0.15) is 47.9 Å². The number of ether oxygens (including phenoxy) is 1. The molecule has 0 heterocycles. The Balaban J connectivity index is 2.03. The molecule has 142 valence electrons. The lowest BCUT2D eigenvalue weighted by Crippen LogP contribution is -2.44. The highest BCUT2D eigenvalue weighted by molar-refractivity contribution is 6.08. The SMILES string of the molecule is CCC(C)(C)NC(=O)COC(=O)c1ccccc1NC(=O)c1ccccc1. The topological polar surface area (TPSA) is 84.5 Å². The van der Waals surface area contributed by atoms with Crippen molar-refractivity contribution in [2.75, 3.05) is 11.9 Å². The van der Waals surface area contributed by atoms with Gasteiger partial charge in [0, 0.05) is 11.1 Å². The second kappa shape index (κ2) is 8.98. The van der Waals surface area contributed by atoms with E-state index in [9.17, 15) is 14.4 Å². The fraction of sp³-hybridized carbons (Fsp3) is 0.286. The first-order valence-electron chi connectivity index (χ1n) is 8.76. The molecule has 0 radical (unpaired) electrons. The number of amides is 2. The minimum atomic E-state index is -0.677. The van der Waals surface area contributed by atoms with E-state index in [-0.39, 0.29) is 29.5 Å². The Morgan fingerprint density at radius 3 is 2.26 bits per heavy atom. The lowest BCUT2D eigenvalue weighted by Gasteiger charge is -2.24. The Bertz CT molecular complexity index is 816. The summed E-state index contributed by atoms with van der Waals surface area (Å²) in [7, 11) is 0. The minimum Gasteiger partial charge on any atom is -0.452 e. The van der Waals surface area contributed by atoms with Gasteiger partial charge in [-0.2, -0.15) is 0 Å². The van der Waals surface area contributed by atoms with Gasteiger partial charge in [-0.05, 0) is 44.5 Å². The highest BCUT2D eigenvalue weighted by atomic mass is 16.5. The minimum absolute atomic E-state index is 0.185. The Morgan fingerprint density at radius 1 is 0.963 bits per heavy atom. The van der Waals surface area contributed by atoms with Gasteiger partial charge in [0.15, 0.2) is 6.61 Å². The van der Waals surface area contributed by atoms with Crippen LogP contribution in [-0.4, -0.2) is 29.9 Å². The first kappa shape index (κ1) is 20.2. The number of para-hydroxylation sites is 1. The molecule has 0 aliphatic heterocycles. The van der Waals surface area contributed by atoms with E-state index in [1.54, 1.807) is 42.5 Å². The van der Waals surface area contributed by atoms with Crippen molar-refractivity contribution in [2.45, 2.75) is 32.7 Å². The maximum absolute atomic E-state index is 12.4. The lowest BCUT2D eigenvalue weighted by atomic mass is 10.0. The molecule has 0 saturated carbocycles. The molecule has 0 aliphatic carbocycles. The lowest BCUT2D eigenvalue weighted by molar-refractivity contribution is -0.125. The number of carbonyl (C=O) groups excluding carboxylic acids is 3. The summed E-state index contributed by atoms with van der Waals surface area (Å²) in [6.45, 7) is 5.35. The van der Waals surface area contributed by atoms with Crippen LogP contribution < -0.4 is 10.6 Å². The molecular formula is C21H24N2O4. The van der Waals surface area contributed by atoms with E-state index in [1.165, 1.54) is 6.07 Å². The van der Waals surface area contributed by atoms with Gasteiger partial charge >= 0.3 is 5.97 Å². The fourth-order valence-electron chi connectivity index (χ4n) is 2.26. The number of hydrogen-bond acceptors (Lipinski definition) is 4. The van der Waals surface area contributed by atoms with Crippen LogP contribution in [0.4, 0.5) is 5.69 Å². The van der Waals surface area contributed by atoms with Gasteiger partial charge < -0.3 is 15.4 Å². The quantitative estimate of drug-likeness (QED) is 0.734. The molecule has 2 N–H and O–H groups in total. The zero-order valence-electron chi connectivity index (χ0n) is 15.7. The normalized spacial score (nSPS) is 10.8. The van der Waals surface area contributed by atoms with Gasteiger partial charge in [0.25, 0.3) is 11.8 Å². The Hall–Kier alpha value is -3.15. The number of anilines is 1. The van der Waals surface area contributed by atoms with Gasteiger partial charge in [-0.15, -0.1) is 0 Å². The van der Waals surface area contributed by atoms with Crippen LogP contribution in [0.5, 0.6) is 0 Å². The molecule has 0 aromatic heterocycles. The van der Waals surface area contributed by atoms with E-state index in [2.05, 4.69) is 10.6 Å². The zero-order valence-corrected chi connectivity index (χ0v) is 15.7. The second-order valence-corrected chi connectivity index (χ2v) is 6.73. The predicted octanol–water partition coefficient (Wildman–Crippen LogP) is 3.40. The van der Waals surface area contributed by atoms with Crippen molar-refractivity contribution in [3.8, 4) is 0 Å². The number of esters is 1. The molecule has 0 saturated heterocycles. The molecule has 2 aromatic rings. The largest absolute Gasteiger partial charge is 0.452 e. The third-order valence-electron chi connectivity index (χ3n) is 4.13. The maximum Gasteiger partial charge on any atom is 0.340 e. The summed E-state index contributed by atoms with van der Waals surface area (Å²) in [4.78, 5) is 36.6. The van der Waals surface area contributed by atoms with Crippen molar-refractivity contribution in [3.63, 3.8) is 0 Å². The summed E-state index contributed by atoms with van der Waals surface area (Å²) in [6.07, 6.45) is 0.751. The summed E-state index contributed by atoms with van der Waals surface area (Å²) in [5.41, 5.74) is 0.613. The molecule has 0 bridgehead atoms. The van der Waals surface area contributed by atoms with Crippen molar-refractivity contribution in [3.05, 3.63) is 65.7 Å². The van der Waals surface area contributed by atoms with Crippen molar-refractivity contribution < 1.29 is 19.1 Å². The van der Waals surface area contributed by atoms with Gasteiger partial charge in [-0.1, -0.05) is 37.3 Å². The van der Waals surface area contributed by atoms with Crippen molar-refractivity contribution >= 4 is 23.5 Å². The first-order valence-corrected chi connectivity index (χ1v) is 8.76. The van der Waals surface area contributed by atoms with Gasteiger partial charge in [-0.25, -0.2) is 4.79 Å². The number of carbonyl (C=O) groups is 3. The van der Waals surface area contributed by atoms with E-state index in [0.29, 0.717) is 11.3 Å².